The van der Waals surface area contributed by atoms with Gasteiger partial charge in [-0.1, -0.05) is 12.8 Å². The van der Waals surface area contributed by atoms with Crippen LogP contribution in [0, 0.1) is 0 Å². The molecule has 1 N–H and O–H groups in total. The number of nitrogens with one attached hydrogen (secondary N) is 1. The molecule has 0 atom stereocenters. The Bertz CT molecular complexity index is 537. The first-order valence-corrected chi connectivity index (χ1v) is 6.89. The van der Waals surface area contributed by atoms with Crippen LogP contribution in [-0.2, 0) is 4.79 Å². The van der Waals surface area contributed by atoms with E-state index >= 15 is 0 Å². The Morgan fingerprint density at radius 1 is 0.640 bits per heavy atom. The molecule has 0 spiro atoms. The standard InChI is InChI=1S/C12H10F11NO/c13-7(6(25)24-5-3-1-2-4-5)8(14,15)10(18,19)12(22,23)11(20,21)9(7,16)17/h5H,1-4H2,(H,24,25). The summed E-state index contributed by atoms with van der Waals surface area (Å²) in [4.78, 5) is 11.5. The monoisotopic (exact) mass is 393 g/mol. The highest BCUT2D eigenvalue weighted by molar-refractivity contribution is 5.89. The summed E-state index contributed by atoms with van der Waals surface area (Å²) in [7, 11) is 0. The highest BCUT2D eigenvalue weighted by Crippen LogP contribution is 2.69. The summed E-state index contributed by atoms with van der Waals surface area (Å²) in [6, 6.07) is -1.21. The van der Waals surface area contributed by atoms with E-state index in [1.54, 1.807) is 0 Å². The van der Waals surface area contributed by atoms with Gasteiger partial charge in [0.05, 0.1) is 0 Å². The predicted octanol–water partition coefficient (Wildman–Crippen LogP) is 3.94. The zero-order chi connectivity index (χ0) is 19.7. The quantitative estimate of drug-likeness (QED) is 0.708. The van der Waals surface area contributed by atoms with Gasteiger partial charge in [-0.25, -0.2) is 4.39 Å². The SMILES string of the molecule is O=C(NC1CCCC1)C1(F)C(F)(F)C(F)(F)C(F)(F)C(F)(F)C1(F)F. The van der Waals surface area contributed by atoms with Gasteiger partial charge in [0.2, 0.25) is 0 Å². The van der Waals surface area contributed by atoms with Crippen LogP contribution >= 0.6 is 0 Å². The van der Waals surface area contributed by atoms with Crippen molar-refractivity contribution in [2.45, 2.75) is 67.0 Å². The van der Waals surface area contributed by atoms with Gasteiger partial charge in [-0.3, -0.25) is 4.79 Å². The zero-order valence-electron chi connectivity index (χ0n) is 12.0. The molecule has 0 bridgehead atoms. The molecule has 0 aliphatic heterocycles. The van der Waals surface area contributed by atoms with E-state index in [0.717, 1.165) is 0 Å². The molecule has 2 aliphatic carbocycles. The second kappa shape index (κ2) is 5.12. The fourth-order valence-corrected chi connectivity index (χ4v) is 2.86. The highest BCUT2D eigenvalue weighted by Gasteiger charge is 3.02. The molecule has 0 unspecified atom stereocenters. The van der Waals surface area contributed by atoms with E-state index in [4.69, 9.17) is 0 Å². The van der Waals surface area contributed by atoms with Gasteiger partial charge < -0.3 is 5.32 Å². The van der Waals surface area contributed by atoms with Gasteiger partial charge in [0, 0.05) is 6.04 Å². The molecule has 25 heavy (non-hydrogen) atoms. The third-order valence-electron chi connectivity index (χ3n) is 4.45. The van der Waals surface area contributed by atoms with Gasteiger partial charge in [-0.2, -0.15) is 43.9 Å². The van der Waals surface area contributed by atoms with E-state index < -0.39 is 47.2 Å². The van der Waals surface area contributed by atoms with Crippen molar-refractivity contribution in [1.29, 1.82) is 0 Å². The van der Waals surface area contributed by atoms with Crippen LogP contribution in [0.4, 0.5) is 48.3 Å². The van der Waals surface area contributed by atoms with Gasteiger partial charge >= 0.3 is 35.3 Å². The van der Waals surface area contributed by atoms with E-state index in [9.17, 15) is 53.1 Å². The zero-order valence-corrected chi connectivity index (χ0v) is 12.0. The Hall–Kier alpha value is -1.30. The van der Waals surface area contributed by atoms with Gasteiger partial charge in [0.15, 0.2) is 0 Å². The first-order valence-electron chi connectivity index (χ1n) is 6.89. The molecule has 0 radical (unpaired) electrons. The van der Waals surface area contributed by atoms with Crippen molar-refractivity contribution in [3.05, 3.63) is 0 Å². The van der Waals surface area contributed by atoms with Crippen LogP contribution in [0.1, 0.15) is 25.7 Å². The Labute approximate surface area is 132 Å². The molecule has 0 heterocycles. The molecule has 2 rings (SSSR count). The number of amides is 1. The lowest BCUT2D eigenvalue weighted by atomic mass is 9.71. The lowest BCUT2D eigenvalue weighted by Crippen LogP contribution is -2.86. The van der Waals surface area contributed by atoms with Crippen molar-refractivity contribution in [2.75, 3.05) is 0 Å². The summed E-state index contributed by atoms with van der Waals surface area (Å²) in [5.74, 6) is -39.2. The molecular formula is C12H10F11NO. The van der Waals surface area contributed by atoms with Crippen molar-refractivity contribution >= 4 is 5.91 Å². The van der Waals surface area contributed by atoms with Crippen LogP contribution in [0.15, 0.2) is 0 Å². The Morgan fingerprint density at radius 3 is 1.32 bits per heavy atom. The number of rotatable bonds is 2. The molecule has 13 heteroatoms. The first-order chi connectivity index (χ1) is 11.0. The maximum atomic E-state index is 14.3. The molecule has 2 saturated carbocycles. The Balaban J connectivity index is 2.62. The molecule has 2 fully saturated rings. The van der Waals surface area contributed by atoms with Gasteiger partial charge in [-0.05, 0) is 12.8 Å². The van der Waals surface area contributed by atoms with E-state index in [1.807, 2.05) is 0 Å². The summed E-state index contributed by atoms with van der Waals surface area (Å²) < 4.78 is 148. The van der Waals surface area contributed by atoms with Crippen LogP contribution in [-0.4, -0.2) is 47.2 Å². The van der Waals surface area contributed by atoms with Gasteiger partial charge in [0.1, 0.15) is 0 Å². The molecule has 2 aliphatic rings. The van der Waals surface area contributed by atoms with Crippen molar-refractivity contribution in [3.63, 3.8) is 0 Å². The molecule has 0 saturated heterocycles. The minimum Gasteiger partial charge on any atom is -0.350 e. The molecular weight excluding hydrogens is 383 g/mol. The topological polar surface area (TPSA) is 29.1 Å². The molecule has 2 nitrogen and oxygen atoms in total. The number of hydrogen-bond acceptors (Lipinski definition) is 1. The van der Waals surface area contributed by atoms with Crippen LogP contribution in [0.2, 0.25) is 0 Å². The lowest BCUT2D eigenvalue weighted by Gasteiger charge is -2.51. The number of hydrogen-bond donors (Lipinski definition) is 1. The van der Waals surface area contributed by atoms with Crippen molar-refractivity contribution in [3.8, 4) is 0 Å². The summed E-state index contributed by atoms with van der Waals surface area (Å²) in [5, 5.41) is 1.22. The molecule has 0 aromatic carbocycles. The average molecular weight is 393 g/mol. The van der Waals surface area contributed by atoms with Gasteiger partial charge in [-0.15, -0.1) is 0 Å². The number of halogens is 11. The first kappa shape index (κ1) is 20.0. The maximum absolute atomic E-state index is 14.3. The number of carbonyl (C=O) groups excluding carboxylic acids is 1. The number of alkyl halides is 11. The summed E-state index contributed by atoms with van der Waals surface area (Å²) in [5.41, 5.74) is -6.59. The van der Waals surface area contributed by atoms with Crippen molar-refractivity contribution in [2.24, 2.45) is 0 Å². The molecule has 1 amide bonds. The summed E-state index contributed by atoms with van der Waals surface area (Å²) >= 11 is 0. The normalized spacial score (nSPS) is 31.5. The van der Waals surface area contributed by atoms with Gasteiger partial charge in [0.25, 0.3) is 5.91 Å². The van der Waals surface area contributed by atoms with E-state index in [-0.39, 0.29) is 12.8 Å². The second-order valence-corrected chi connectivity index (χ2v) is 5.99. The average Bonchev–Trinajstić information content (AvgIpc) is 2.96. The lowest BCUT2D eigenvalue weighted by molar-refractivity contribution is -0.476. The smallest absolute Gasteiger partial charge is 0.350 e. The molecule has 146 valence electrons. The Morgan fingerprint density at radius 2 is 0.960 bits per heavy atom. The van der Waals surface area contributed by atoms with Crippen LogP contribution < -0.4 is 5.32 Å². The van der Waals surface area contributed by atoms with E-state index in [2.05, 4.69) is 0 Å². The predicted molar refractivity (Wildman–Crippen MR) is 59.0 cm³/mol. The maximum Gasteiger partial charge on any atom is 0.384 e. The van der Waals surface area contributed by atoms with E-state index in [1.165, 1.54) is 5.32 Å². The van der Waals surface area contributed by atoms with E-state index in [0.29, 0.717) is 12.8 Å². The minimum atomic E-state index is -7.31. The van der Waals surface area contributed by atoms with Crippen molar-refractivity contribution in [1.82, 2.24) is 5.32 Å². The molecule has 0 aromatic rings. The highest BCUT2D eigenvalue weighted by atomic mass is 19.4. The van der Waals surface area contributed by atoms with Crippen LogP contribution in [0.5, 0.6) is 0 Å². The summed E-state index contributed by atoms with van der Waals surface area (Å²) in [6.45, 7) is 0. The van der Waals surface area contributed by atoms with Crippen LogP contribution in [0.25, 0.3) is 0 Å². The number of carbonyl (C=O) groups is 1. The van der Waals surface area contributed by atoms with Crippen LogP contribution in [0.3, 0.4) is 0 Å². The molecule has 0 aromatic heterocycles. The minimum absolute atomic E-state index is 0.0398. The van der Waals surface area contributed by atoms with Crippen molar-refractivity contribution < 1.29 is 53.1 Å². The summed E-state index contributed by atoms with van der Waals surface area (Å²) in [6.07, 6.45) is 0.590. The second-order valence-electron chi connectivity index (χ2n) is 5.99. The fourth-order valence-electron chi connectivity index (χ4n) is 2.86. The Kier molecular flexibility index (Phi) is 4.10. The third-order valence-corrected chi connectivity index (χ3v) is 4.45. The fraction of sp³-hybridized carbons (Fsp3) is 0.917. The third kappa shape index (κ3) is 2.00. The largest absolute Gasteiger partial charge is 0.384 e.